The van der Waals surface area contributed by atoms with Crippen LogP contribution in [0.4, 0.5) is 0 Å². The second-order valence-electron chi connectivity index (χ2n) is 4.35. The van der Waals surface area contributed by atoms with Gasteiger partial charge in [-0.1, -0.05) is 0 Å². The van der Waals surface area contributed by atoms with Gasteiger partial charge in [0, 0.05) is 0 Å². The van der Waals surface area contributed by atoms with Crippen LogP contribution in [-0.2, 0) is 9.53 Å². The maximum atomic E-state index is 11.4. The predicted octanol–water partition coefficient (Wildman–Crippen LogP) is 4.10. The van der Waals surface area contributed by atoms with Gasteiger partial charge >= 0.3 is 110 Å². The molecule has 0 saturated heterocycles. The van der Waals surface area contributed by atoms with Gasteiger partial charge in [-0.3, -0.25) is 0 Å². The van der Waals surface area contributed by atoms with Crippen LogP contribution in [0, 0.1) is 0 Å². The van der Waals surface area contributed by atoms with Crippen LogP contribution >= 0.6 is 0 Å². The van der Waals surface area contributed by atoms with E-state index in [-0.39, 0.29) is 5.97 Å². The van der Waals surface area contributed by atoms with E-state index >= 15 is 0 Å². The van der Waals surface area contributed by atoms with E-state index in [1.165, 1.54) is 13.3 Å². The quantitative estimate of drug-likeness (QED) is 0.301. The number of hydrogen-bond donors (Lipinski definition) is 0. The van der Waals surface area contributed by atoms with Crippen LogP contribution in [0.3, 0.4) is 0 Å². The number of esters is 1. The van der Waals surface area contributed by atoms with E-state index in [2.05, 4.69) is 30.9 Å². The molecule has 0 unspecified atom stereocenters. The number of carbonyl (C=O) groups excluding carboxylic acids is 1. The van der Waals surface area contributed by atoms with E-state index in [0.717, 1.165) is 0 Å². The van der Waals surface area contributed by atoms with Crippen LogP contribution in [0.5, 0.6) is 0 Å². The SMILES string of the molecule is CCOC(=O)/C(C)=C/C=[CH]\[Sn]([CH2]C)([CH2]C)[CH2]C. The Morgan fingerprint density at radius 2 is 1.65 bits per heavy atom. The normalized spacial score (nSPS) is 13.1. The first-order valence-corrected chi connectivity index (χ1v) is 14.3. The van der Waals surface area contributed by atoms with Crippen molar-refractivity contribution in [2.75, 3.05) is 6.61 Å². The molecule has 0 aromatic carbocycles. The summed E-state index contributed by atoms with van der Waals surface area (Å²) in [7, 11) is 0. The molecule has 0 amide bonds. The molecule has 17 heavy (non-hydrogen) atoms. The van der Waals surface area contributed by atoms with Crippen molar-refractivity contribution in [3.05, 3.63) is 21.8 Å². The average Bonchev–Trinajstić information content (AvgIpc) is 2.35. The molecule has 0 radical (unpaired) electrons. The molecule has 0 saturated carbocycles. The summed E-state index contributed by atoms with van der Waals surface area (Å²) >= 11 is -1.97. The molecule has 0 aliphatic heterocycles. The van der Waals surface area contributed by atoms with Gasteiger partial charge in [-0.25, -0.2) is 0 Å². The van der Waals surface area contributed by atoms with Crippen molar-refractivity contribution in [2.24, 2.45) is 0 Å². The standard InChI is InChI=1S/C8H11O2.3C2H5.Sn/c1-4-6-7(3)8(9)10-5-2;3*1-2;/h1,4,6H,5H2,2-3H3;3*1H2,2H3;/b4-1?,7-6+;;;;. The van der Waals surface area contributed by atoms with Crippen molar-refractivity contribution in [1.29, 1.82) is 0 Å². The molecule has 0 bridgehead atoms. The third kappa shape index (κ3) is 5.75. The molecule has 0 aromatic rings. The molecule has 2 nitrogen and oxygen atoms in total. The Balaban J connectivity index is 4.61. The maximum absolute atomic E-state index is 11.4. The minimum atomic E-state index is -1.97. The summed E-state index contributed by atoms with van der Waals surface area (Å²) in [6, 6.07) is 0. The third-order valence-electron chi connectivity index (χ3n) is 3.51. The summed E-state index contributed by atoms with van der Waals surface area (Å²) in [6.07, 6.45) is 3.98. The fourth-order valence-corrected chi connectivity index (χ4v) is 9.55. The summed E-state index contributed by atoms with van der Waals surface area (Å²) in [6.45, 7) is 11.0. The topological polar surface area (TPSA) is 26.3 Å². The van der Waals surface area contributed by atoms with Gasteiger partial charge in [-0.15, -0.1) is 0 Å². The van der Waals surface area contributed by atoms with Gasteiger partial charge < -0.3 is 0 Å². The van der Waals surface area contributed by atoms with Crippen LogP contribution in [0.25, 0.3) is 0 Å². The summed E-state index contributed by atoms with van der Waals surface area (Å²) in [5.41, 5.74) is 0.687. The van der Waals surface area contributed by atoms with E-state index in [1.807, 2.05) is 19.9 Å². The van der Waals surface area contributed by atoms with Crippen molar-refractivity contribution in [3.8, 4) is 0 Å². The molecule has 0 aliphatic rings. The Morgan fingerprint density at radius 3 is 2.06 bits per heavy atom. The molecule has 3 heteroatoms. The first-order chi connectivity index (χ1) is 8.05. The van der Waals surface area contributed by atoms with Crippen LogP contribution in [-0.4, -0.2) is 31.0 Å². The van der Waals surface area contributed by atoms with Gasteiger partial charge in [-0.2, -0.15) is 0 Å². The molecule has 0 rings (SSSR count). The average molecular weight is 345 g/mol. The minimum absolute atomic E-state index is 0.206. The van der Waals surface area contributed by atoms with Crippen molar-refractivity contribution in [1.82, 2.24) is 0 Å². The van der Waals surface area contributed by atoms with Gasteiger partial charge in [0.25, 0.3) is 0 Å². The van der Waals surface area contributed by atoms with Crippen molar-refractivity contribution in [3.63, 3.8) is 0 Å². The van der Waals surface area contributed by atoms with Crippen LogP contribution in [0.2, 0.25) is 13.3 Å². The fraction of sp³-hybridized carbons (Fsp3) is 0.643. The van der Waals surface area contributed by atoms with E-state index in [0.29, 0.717) is 12.2 Å². The van der Waals surface area contributed by atoms with E-state index in [1.54, 1.807) is 0 Å². The number of carbonyl (C=O) groups is 1. The van der Waals surface area contributed by atoms with Gasteiger partial charge in [0.05, 0.1) is 0 Å². The number of hydrogen-bond acceptors (Lipinski definition) is 2. The van der Waals surface area contributed by atoms with Gasteiger partial charge in [0.1, 0.15) is 0 Å². The summed E-state index contributed by atoms with van der Waals surface area (Å²) in [5.74, 6) is -0.206. The Kier molecular flexibility index (Phi) is 8.65. The van der Waals surface area contributed by atoms with Gasteiger partial charge in [0.2, 0.25) is 0 Å². The zero-order chi connectivity index (χ0) is 13.3. The van der Waals surface area contributed by atoms with Crippen LogP contribution in [0.1, 0.15) is 34.6 Å². The number of rotatable bonds is 7. The Hall–Kier alpha value is -0.251. The first-order valence-electron chi connectivity index (χ1n) is 6.58. The van der Waals surface area contributed by atoms with Crippen molar-refractivity contribution in [2.45, 2.75) is 47.9 Å². The second kappa shape index (κ2) is 8.78. The molecular formula is C14H26O2Sn. The zero-order valence-corrected chi connectivity index (χ0v) is 14.7. The molecular weight excluding hydrogens is 319 g/mol. The summed E-state index contributed by atoms with van der Waals surface area (Å²) < 4.78 is 11.4. The molecule has 0 heterocycles. The number of ether oxygens (including phenoxy) is 1. The van der Waals surface area contributed by atoms with Gasteiger partial charge in [-0.05, 0) is 0 Å². The molecule has 0 aliphatic carbocycles. The molecule has 98 valence electrons. The molecule has 0 spiro atoms. The number of allylic oxidation sites excluding steroid dienone is 2. The Labute approximate surface area is 110 Å². The van der Waals surface area contributed by atoms with Gasteiger partial charge in [0.15, 0.2) is 0 Å². The van der Waals surface area contributed by atoms with Crippen molar-refractivity contribution < 1.29 is 9.53 Å². The fourth-order valence-electron chi connectivity index (χ4n) is 1.81. The van der Waals surface area contributed by atoms with Crippen LogP contribution in [0.15, 0.2) is 21.8 Å². The molecule has 0 N–H and O–H groups in total. The van der Waals surface area contributed by atoms with E-state index in [9.17, 15) is 4.79 Å². The predicted molar refractivity (Wildman–Crippen MR) is 76.7 cm³/mol. The third-order valence-corrected chi connectivity index (χ3v) is 18.1. The molecule has 0 fully saturated rings. The molecule has 0 atom stereocenters. The first kappa shape index (κ1) is 16.7. The Bertz CT molecular complexity index is 280. The van der Waals surface area contributed by atoms with E-state index in [4.69, 9.17) is 4.74 Å². The monoisotopic (exact) mass is 346 g/mol. The van der Waals surface area contributed by atoms with Crippen LogP contribution < -0.4 is 0 Å². The summed E-state index contributed by atoms with van der Waals surface area (Å²) in [5, 5.41) is 0. The molecule has 0 aromatic heterocycles. The second-order valence-corrected chi connectivity index (χ2v) is 19.1. The van der Waals surface area contributed by atoms with Crippen molar-refractivity contribution >= 4 is 24.3 Å². The summed E-state index contributed by atoms with van der Waals surface area (Å²) in [4.78, 5) is 11.4. The Morgan fingerprint density at radius 1 is 1.12 bits per heavy atom. The zero-order valence-electron chi connectivity index (χ0n) is 11.9. The van der Waals surface area contributed by atoms with E-state index < -0.39 is 18.4 Å².